The Morgan fingerprint density at radius 3 is 2.36 bits per heavy atom. The van der Waals surface area contributed by atoms with Gasteiger partial charge in [0.25, 0.3) is 0 Å². The quantitative estimate of drug-likeness (QED) is 0.468. The highest BCUT2D eigenvalue weighted by molar-refractivity contribution is 5.70. The smallest absolute Gasteiger partial charge is 0.307 e. The van der Waals surface area contributed by atoms with Gasteiger partial charge in [-0.15, -0.1) is 0 Å². The lowest BCUT2D eigenvalue weighted by atomic mass is 10.0. The van der Waals surface area contributed by atoms with Crippen molar-refractivity contribution in [2.24, 2.45) is 17.4 Å². The van der Waals surface area contributed by atoms with E-state index in [4.69, 9.17) is 16.6 Å². The van der Waals surface area contributed by atoms with Crippen molar-refractivity contribution in [3.8, 4) is 0 Å². The minimum absolute atomic E-state index is 0.222. The van der Waals surface area contributed by atoms with E-state index in [1.165, 1.54) is 0 Å². The van der Waals surface area contributed by atoms with Gasteiger partial charge < -0.3 is 16.6 Å². The largest absolute Gasteiger partial charge is 0.481 e. The minimum Gasteiger partial charge on any atom is -0.481 e. The third-order valence-electron chi connectivity index (χ3n) is 1.64. The van der Waals surface area contributed by atoms with Crippen molar-refractivity contribution in [1.82, 2.24) is 0 Å². The number of carbonyl (C=O) groups is 1. The summed E-state index contributed by atoms with van der Waals surface area (Å²) in [5, 5.41) is 8.56. The summed E-state index contributed by atoms with van der Waals surface area (Å²) in [7, 11) is 0. The monoisotopic (exact) mass is 160 g/mol. The lowest BCUT2D eigenvalue weighted by molar-refractivity contribution is -0.141. The van der Waals surface area contributed by atoms with Crippen LogP contribution in [0.3, 0.4) is 0 Å². The fourth-order valence-corrected chi connectivity index (χ4v) is 0.877. The molecule has 0 rings (SSSR count). The second-order valence-corrected chi connectivity index (χ2v) is 2.56. The van der Waals surface area contributed by atoms with E-state index < -0.39 is 5.97 Å². The fraction of sp³-hybridized carbons (Fsp3) is 0.857. The van der Waals surface area contributed by atoms with Gasteiger partial charge in [-0.2, -0.15) is 0 Å². The lowest BCUT2D eigenvalue weighted by Gasteiger charge is -2.07. The zero-order chi connectivity index (χ0) is 8.69. The van der Waals surface area contributed by atoms with Crippen LogP contribution >= 0.6 is 0 Å². The van der Waals surface area contributed by atoms with Gasteiger partial charge in [0, 0.05) is 6.54 Å². The summed E-state index contributed by atoms with van der Waals surface area (Å²) < 4.78 is 0. The molecule has 0 aliphatic carbocycles. The van der Waals surface area contributed by atoms with Crippen LogP contribution in [0.15, 0.2) is 0 Å². The molecule has 0 aliphatic heterocycles. The van der Waals surface area contributed by atoms with E-state index in [0.717, 1.165) is 12.8 Å². The molecular formula is C7H16N2O2. The van der Waals surface area contributed by atoms with Gasteiger partial charge in [0.2, 0.25) is 0 Å². The predicted octanol–water partition coefficient (Wildman–Crippen LogP) is -0.225. The van der Waals surface area contributed by atoms with E-state index in [1.807, 2.05) is 0 Å². The van der Waals surface area contributed by atoms with Crippen LogP contribution < -0.4 is 11.5 Å². The van der Waals surface area contributed by atoms with E-state index in [0.29, 0.717) is 13.0 Å². The van der Waals surface area contributed by atoms with Gasteiger partial charge in [-0.1, -0.05) is 6.42 Å². The Kier molecular flexibility index (Phi) is 5.78. The molecule has 0 aliphatic rings. The maximum Gasteiger partial charge on any atom is 0.307 e. The first kappa shape index (κ1) is 10.4. The number of unbranched alkanes of at least 4 members (excludes halogenated alkanes) is 1. The number of nitrogens with two attached hydrogens (primary N) is 2. The van der Waals surface area contributed by atoms with Crippen LogP contribution in [0.4, 0.5) is 0 Å². The summed E-state index contributed by atoms with van der Waals surface area (Å²) in [4.78, 5) is 10.4. The molecule has 0 fully saturated rings. The van der Waals surface area contributed by atoms with Crippen LogP contribution in [0, 0.1) is 5.92 Å². The maximum atomic E-state index is 10.4. The van der Waals surface area contributed by atoms with Crippen LogP contribution in [0.5, 0.6) is 0 Å². The summed E-state index contributed by atoms with van der Waals surface area (Å²) in [5.41, 5.74) is 10.5. The highest BCUT2D eigenvalue weighted by atomic mass is 16.4. The van der Waals surface area contributed by atoms with Crippen molar-refractivity contribution < 1.29 is 9.90 Å². The average molecular weight is 160 g/mol. The van der Waals surface area contributed by atoms with Gasteiger partial charge in [0.05, 0.1) is 5.92 Å². The SMILES string of the molecule is NCCCC[C@H](CN)C(=O)O. The zero-order valence-electron chi connectivity index (χ0n) is 6.62. The van der Waals surface area contributed by atoms with E-state index >= 15 is 0 Å². The Balaban J connectivity index is 3.44. The molecule has 5 N–H and O–H groups in total. The molecule has 0 aromatic heterocycles. The number of carboxylic acid groups (broad SMARTS) is 1. The van der Waals surface area contributed by atoms with Gasteiger partial charge in [-0.05, 0) is 19.4 Å². The highest BCUT2D eigenvalue weighted by Gasteiger charge is 2.13. The van der Waals surface area contributed by atoms with Gasteiger partial charge in [-0.25, -0.2) is 0 Å². The number of carboxylic acids is 1. The molecule has 0 saturated carbocycles. The molecule has 1 atom stereocenters. The first-order valence-electron chi connectivity index (χ1n) is 3.85. The Labute approximate surface area is 66.6 Å². The first-order chi connectivity index (χ1) is 5.22. The van der Waals surface area contributed by atoms with Crippen LogP contribution in [0.25, 0.3) is 0 Å². The molecule has 0 heterocycles. The molecule has 0 unspecified atom stereocenters. The first-order valence-corrected chi connectivity index (χ1v) is 3.85. The van der Waals surface area contributed by atoms with Gasteiger partial charge in [0.15, 0.2) is 0 Å². The van der Waals surface area contributed by atoms with E-state index in [2.05, 4.69) is 0 Å². The standard InChI is InChI=1S/C7H16N2O2/c8-4-2-1-3-6(5-9)7(10)11/h6H,1-5,8-9H2,(H,10,11)/t6-/m1/s1. The predicted molar refractivity (Wildman–Crippen MR) is 43.1 cm³/mol. The Hall–Kier alpha value is -0.610. The molecule has 4 heteroatoms. The second kappa shape index (κ2) is 6.12. The van der Waals surface area contributed by atoms with Crippen molar-refractivity contribution in [2.75, 3.05) is 13.1 Å². The minimum atomic E-state index is -0.801. The molecule has 0 aromatic carbocycles. The summed E-state index contributed by atoms with van der Waals surface area (Å²) in [6, 6.07) is 0. The zero-order valence-corrected chi connectivity index (χ0v) is 6.62. The van der Waals surface area contributed by atoms with Crippen molar-refractivity contribution in [3.05, 3.63) is 0 Å². The Morgan fingerprint density at radius 2 is 2.00 bits per heavy atom. The van der Waals surface area contributed by atoms with E-state index in [-0.39, 0.29) is 12.5 Å². The molecule has 0 aromatic rings. The lowest BCUT2D eigenvalue weighted by Crippen LogP contribution is -2.23. The highest BCUT2D eigenvalue weighted by Crippen LogP contribution is 2.06. The number of rotatable bonds is 6. The molecule has 0 radical (unpaired) electrons. The van der Waals surface area contributed by atoms with E-state index in [1.54, 1.807) is 0 Å². The summed E-state index contributed by atoms with van der Waals surface area (Å²) in [5.74, 6) is -1.19. The Bertz CT molecular complexity index is 117. The van der Waals surface area contributed by atoms with E-state index in [9.17, 15) is 4.79 Å². The summed E-state index contributed by atoms with van der Waals surface area (Å²) in [6.07, 6.45) is 2.37. The van der Waals surface area contributed by atoms with Crippen LogP contribution in [-0.2, 0) is 4.79 Å². The van der Waals surface area contributed by atoms with Crippen molar-refractivity contribution in [1.29, 1.82) is 0 Å². The molecule has 0 amide bonds. The number of hydrogen-bond acceptors (Lipinski definition) is 3. The van der Waals surface area contributed by atoms with Crippen molar-refractivity contribution >= 4 is 5.97 Å². The third kappa shape index (κ3) is 4.75. The van der Waals surface area contributed by atoms with Crippen molar-refractivity contribution in [3.63, 3.8) is 0 Å². The summed E-state index contributed by atoms with van der Waals surface area (Å²) in [6.45, 7) is 0.844. The van der Waals surface area contributed by atoms with Gasteiger partial charge in [-0.3, -0.25) is 4.79 Å². The van der Waals surface area contributed by atoms with Gasteiger partial charge >= 0.3 is 5.97 Å². The van der Waals surface area contributed by atoms with Crippen LogP contribution in [0.2, 0.25) is 0 Å². The number of aliphatic carboxylic acids is 1. The Morgan fingerprint density at radius 1 is 1.36 bits per heavy atom. The molecule has 11 heavy (non-hydrogen) atoms. The van der Waals surface area contributed by atoms with Gasteiger partial charge in [0.1, 0.15) is 0 Å². The topological polar surface area (TPSA) is 89.3 Å². The second-order valence-electron chi connectivity index (χ2n) is 2.56. The summed E-state index contributed by atoms with van der Waals surface area (Å²) >= 11 is 0. The molecular weight excluding hydrogens is 144 g/mol. The number of hydrogen-bond donors (Lipinski definition) is 3. The normalized spacial score (nSPS) is 12.9. The average Bonchev–Trinajstić information content (AvgIpc) is 1.97. The molecule has 66 valence electrons. The fourth-order valence-electron chi connectivity index (χ4n) is 0.877. The third-order valence-corrected chi connectivity index (χ3v) is 1.64. The maximum absolute atomic E-state index is 10.4. The van der Waals surface area contributed by atoms with Crippen LogP contribution in [0.1, 0.15) is 19.3 Å². The molecule has 4 nitrogen and oxygen atoms in total. The molecule has 0 bridgehead atoms. The van der Waals surface area contributed by atoms with Crippen LogP contribution in [-0.4, -0.2) is 24.2 Å². The van der Waals surface area contributed by atoms with Crippen molar-refractivity contribution in [2.45, 2.75) is 19.3 Å². The molecule has 0 spiro atoms. The molecule has 0 saturated heterocycles.